The molecule has 0 bridgehead atoms. The largest absolute Gasteiger partial charge is 0.486 e. The normalized spacial score (nSPS) is 18.9. The van der Waals surface area contributed by atoms with Crippen LogP contribution in [-0.2, 0) is 20.0 Å². The van der Waals surface area contributed by atoms with Crippen molar-refractivity contribution in [1.29, 1.82) is 0 Å². The summed E-state index contributed by atoms with van der Waals surface area (Å²) in [5, 5.41) is 11.9. The van der Waals surface area contributed by atoms with Gasteiger partial charge in [0.05, 0.1) is 35.3 Å². The van der Waals surface area contributed by atoms with Gasteiger partial charge in [0.1, 0.15) is 10.3 Å². The second-order valence-corrected chi connectivity index (χ2v) is 14.9. The number of hydrogen-bond acceptors (Lipinski definition) is 8. The first-order chi connectivity index (χ1) is 18.8. The van der Waals surface area contributed by atoms with Crippen LogP contribution in [0.4, 0.5) is 5.69 Å². The summed E-state index contributed by atoms with van der Waals surface area (Å²) in [6.07, 6.45) is -0.792. The van der Waals surface area contributed by atoms with Gasteiger partial charge in [-0.25, -0.2) is 16.8 Å². The fraction of sp³-hybridized carbons (Fsp3) is 0.346. The number of aliphatic hydroxyl groups is 1. The molecule has 3 aromatic rings. The summed E-state index contributed by atoms with van der Waals surface area (Å²) in [5.41, 5.74) is 0.130. The Morgan fingerprint density at radius 2 is 1.85 bits per heavy atom. The lowest BCUT2D eigenvalue weighted by Crippen LogP contribution is -2.50. The fourth-order valence-corrected chi connectivity index (χ4v) is 7.66. The minimum absolute atomic E-state index is 0.0170. The Labute approximate surface area is 243 Å². The summed E-state index contributed by atoms with van der Waals surface area (Å²) in [6, 6.07) is 12.8. The highest BCUT2D eigenvalue weighted by Crippen LogP contribution is 2.36. The van der Waals surface area contributed by atoms with Gasteiger partial charge in [0, 0.05) is 24.5 Å². The van der Waals surface area contributed by atoms with Gasteiger partial charge in [-0.3, -0.25) is 9.52 Å². The molecule has 1 aliphatic heterocycles. The van der Waals surface area contributed by atoms with Gasteiger partial charge in [-0.15, -0.1) is 11.3 Å². The van der Waals surface area contributed by atoms with Crippen molar-refractivity contribution in [3.8, 4) is 5.75 Å². The van der Waals surface area contributed by atoms with Crippen molar-refractivity contribution in [3.05, 3.63) is 70.6 Å². The van der Waals surface area contributed by atoms with Gasteiger partial charge >= 0.3 is 0 Å². The Balaban J connectivity index is 1.75. The first-order valence-corrected chi connectivity index (χ1v) is 16.5. The number of nitrogens with one attached hydrogen (secondary N) is 1. The Morgan fingerprint density at radius 1 is 1.15 bits per heavy atom. The lowest BCUT2D eigenvalue weighted by molar-refractivity contribution is 0.0389. The smallest absolute Gasteiger partial charge is 0.271 e. The summed E-state index contributed by atoms with van der Waals surface area (Å²) in [4.78, 5) is 15.2. The zero-order valence-corrected chi connectivity index (χ0v) is 25.2. The number of sulfonamides is 2. The molecule has 216 valence electrons. The number of para-hydroxylation sites is 1. The molecule has 10 nitrogen and oxygen atoms in total. The van der Waals surface area contributed by atoms with Crippen molar-refractivity contribution < 1.29 is 31.5 Å². The van der Waals surface area contributed by atoms with E-state index in [0.29, 0.717) is 5.02 Å². The molecule has 2 heterocycles. The Kier molecular flexibility index (Phi) is 9.12. The van der Waals surface area contributed by atoms with Crippen LogP contribution in [0.25, 0.3) is 0 Å². The molecule has 40 heavy (non-hydrogen) atoms. The van der Waals surface area contributed by atoms with E-state index < -0.39 is 44.0 Å². The zero-order chi connectivity index (χ0) is 29.2. The molecule has 0 aliphatic carbocycles. The summed E-state index contributed by atoms with van der Waals surface area (Å²) in [6.45, 7) is 3.27. The molecule has 0 saturated heterocycles. The van der Waals surface area contributed by atoms with Gasteiger partial charge in [-0.2, -0.15) is 4.31 Å². The molecular formula is C26H30ClN3O7S3. The maximum atomic E-state index is 13.6. The molecule has 0 saturated carbocycles. The molecule has 3 atom stereocenters. The van der Waals surface area contributed by atoms with E-state index in [9.17, 15) is 26.7 Å². The molecule has 0 radical (unpaired) electrons. The molecule has 1 aliphatic rings. The molecular weight excluding hydrogens is 598 g/mol. The number of thiophene rings is 1. The molecule has 1 amide bonds. The molecule has 0 spiro atoms. The number of hydrogen-bond donors (Lipinski definition) is 2. The number of rotatable bonds is 9. The van der Waals surface area contributed by atoms with E-state index in [4.69, 9.17) is 16.3 Å². The number of halogens is 1. The number of likely N-dealkylation sites (N-methyl/N-ethyl adjacent to an activating group) is 1. The van der Waals surface area contributed by atoms with E-state index >= 15 is 0 Å². The van der Waals surface area contributed by atoms with Crippen LogP contribution in [0.2, 0.25) is 5.02 Å². The van der Waals surface area contributed by atoms with Gasteiger partial charge in [0.15, 0.2) is 5.75 Å². The van der Waals surface area contributed by atoms with E-state index in [1.165, 1.54) is 60.5 Å². The molecule has 14 heteroatoms. The number of ether oxygens (including phenoxy) is 1. The lowest BCUT2D eigenvalue weighted by atomic mass is 9.99. The van der Waals surface area contributed by atoms with E-state index in [1.54, 1.807) is 25.3 Å². The van der Waals surface area contributed by atoms with E-state index in [-0.39, 0.29) is 45.8 Å². The highest BCUT2D eigenvalue weighted by atomic mass is 35.5. The quantitative estimate of drug-likeness (QED) is 0.369. The molecule has 0 unspecified atom stereocenters. The van der Waals surface area contributed by atoms with Crippen LogP contribution in [0, 0.1) is 5.92 Å². The number of anilines is 1. The topological polar surface area (TPSA) is 133 Å². The maximum absolute atomic E-state index is 13.6. The summed E-state index contributed by atoms with van der Waals surface area (Å²) in [5.74, 6) is -0.867. The van der Waals surface area contributed by atoms with Gasteiger partial charge in [-0.1, -0.05) is 30.7 Å². The molecule has 0 fully saturated rings. The number of aliphatic hydroxyl groups excluding tert-OH is 1. The average molecular weight is 628 g/mol. The van der Waals surface area contributed by atoms with Crippen molar-refractivity contribution in [1.82, 2.24) is 9.21 Å². The van der Waals surface area contributed by atoms with Gasteiger partial charge in [-0.05, 0) is 54.8 Å². The second-order valence-electron chi connectivity index (χ2n) is 9.58. The first-order valence-electron chi connectivity index (χ1n) is 12.3. The third-order valence-corrected chi connectivity index (χ3v) is 11.5. The second kappa shape index (κ2) is 12.0. The predicted octanol–water partition coefficient (Wildman–Crippen LogP) is 3.74. The standard InChI is InChI=1S/C26H30ClN3O7S3/c1-17-14-30(18(2)16-31)26(32)21-6-4-7-22(28-39(33,34)24-8-5-13-38-24)25(21)37-23(17)15-29(3)40(35,36)20-11-9-19(27)10-12-20/h4-13,17-18,23,28,31H,14-16H2,1-3H3/t17-,18+,23-/m0/s1. The molecule has 2 N–H and O–H groups in total. The van der Waals surface area contributed by atoms with Crippen LogP contribution in [0.1, 0.15) is 24.2 Å². The van der Waals surface area contributed by atoms with Crippen LogP contribution >= 0.6 is 22.9 Å². The monoisotopic (exact) mass is 627 g/mol. The van der Waals surface area contributed by atoms with Crippen molar-refractivity contribution >= 4 is 54.6 Å². The SMILES string of the molecule is C[C@H](CO)N1C[C@H](C)[C@H](CN(C)S(=O)(=O)c2ccc(Cl)cc2)Oc2c(NS(=O)(=O)c3cccs3)cccc2C1=O. The number of fused-ring (bicyclic) bond motifs is 1. The summed E-state index contributed by atoms with van der Waals surface area (Å²) in [7, 11) is -6.49. The number of nitrogens with zero attached hydrogens (tertiary/aromatic N) is 2. The van der Waals surface area contributed by atoms with E-state index in [0.717, 1.165) is 15.6 Å². The highest BCUT2D eigenvalue weighted by molar-refractivity contribution is 7.94. The summed E-state index contributed by atoms with van der Waals surface area (Å²) < 4.78 is 62.8. The van der Waals surface area contributed by atoms with Crippen molar-refractivity contribution in [3.63, 3.8) is 0 Å². The minimum Gasteiger partial charge on any atom is -0.486 e. The number of benzene rings is 2. The third-order valence-electron chi connectivity index (χ3n) is 6.65. The minimum atomic E-state index is -3.99. The van der Waals surface area contributed by atoms with Crippen LogP contribution in [-0.4, -0.2) is 75.9 Å². The van der Waals surface area contributed by atoms with Crippen molar-refractivity contribution in [2.24, 2.45) is 5.92 Å². The van der Waals surface area contributed by atoms with Gasteiger partial charge in [0.2, 0.25) is 10.0 Å². The van der Waals surface area contributed by atoms with Gasteiger partial charge in [0.25, 0.3) is 15.9 Å². The Morgan fingerprint density at radius 3 is 2.48 bits per heavy atom. The number of carbonyl (C=O) groups is 1. The molecule has 1 aromatic heterocycles. The summed E-state index contributed by atoms with van der Waals surface area (Å²) >= 11 is 6.96. The number of amides is 1. The first kappa shape index (κ1) is 30.3. The van der Waals surface area contributed by atoms with Crippen LogP contribution in [0.3, 0.4) is 0 Å². The van der Waals surface area contributed by atoms with Crippen molar-refractivity contribution in [2.45, 2.75) is 35.1 Å². The van der Waals surface area contributed by atoms with Crippen molar-refractivity contribution in [2.75, 3.05) is 31.5 Å². The average Bonchev–Trinajstić information content (AvgIpc) is 3.47. The Hall–Kier alpha value is -2.68. The maximum Gasteiger partial charge on any atom is 0.271 e. The molecule has 4 rings (SSSR count). The zero-order valence-electron chi connectivity index (χ0n) is 22.0. The highest BCUT2D eigenvalue weighted by Gasteiger charge is 2.36. The van der Waals surface area contributed by atoms with Crippen LogP contribution in [0.5, 0.6) is 5.75 Å². The van der Waals surface area contributed by atoms with E-state index in [1.807, 2.05) is 0 Å². The third kappa shape index (κ3) is 6.29. The van der Waals surface area contributed by atoms with E-state index in [2.05, 4.69) is 4.72 Å². The van der Waals surface area contributed by atoms with Crippen LogP contribution in [0.15, 0.2) is 69.1 Å². The lowest BCUT2D eigenvalue weighted by Gasteiger charge is -2.38. The van der Waals surface area contributed by atoms with Crippen LogP contribution < -0.4 is 9.46 Å². The number of carbonyl (C=O) groups excluding carboxylic acids is 1. The molecule has 2 aromatic carbocycles. The fourth-order valence-electron chi connectivity index (χ4n) is 4.29. The van der Waals surface area contributed by atoms with Gasteiger partial charge < -0.3 is 14.7 Å². The Bertz CT molecular complexity index is 1560. The predicted molar refractivity (Wildman–Crippen MR) is 154 cm³/mol.